The first kappa shape index (κ1) is 25.7. The van der Waals surface area contributed by atoms with Crippen molar-refractivity contribution in [3.63, 3.8) is 0 Å². The molecule has 0 aromatic heterocycles. The van der Waals surface area contributed by atoms with E-state index < -0.39 is 0 Å². The smallest absolute Gasteiger partial charge is 0.224 e. The number of aliphatic hydroxyl groups excluding tert-OH is 1. The highest BCUT2D eigenvalue weighted by atomic mass is 16.5. The lowest BCUT2D eigenvalue weighted by atomic mass is 9.85. The molecular weight excluding hydrogens is 402 g/mol. The van der Waals surface area contributed by atoms with Crippen LogP contribution in [0.2, 0.25) is 0 Å². The third-order valence-electron chi connectivity index (χ3n) is 5.81. The second-order valence-electron chi connectivity index (χ2n) is 9.31. The Balaban J connectivity index is 2.35. The number of amides is 1. The number of carbonyl (C=O) groups excluding carboxylic acids is 1. The third-order valence-corrected chi connectivity index (χ3v) is 5.81. The minimum Gasteiger partial charge on any atom is -0.496 e. The van der Waals surface area contributed by atoms with E-state index >= 15 is 0 Å². The van der Waals surface area contributed by atoms with E-state index in [1.165, 1.54) is 0 Å². The van der Waals surface area contributed by atoms with Gasteiger partial charge < -0.3 is 19.9 Å². The Bertz CT molecular complexity index is 863. The van der Waals surface area contributed by atoms with Crippen molar-refractivity contribution >= 4 is 11.6 Å². The zero-order valence-corrected chi connectivity index (χ0v) is 20.5. The normalized spacial score (nSPS) is 12.3. The number of aliphatic hydroxyl groups is 1. The Morgan fingerprint density at radius 2 is 1.72 bits per heavy atom. The molecule has 32 heavy (non-hydrogen) atoms. The zero-order chi connectivity index (χ0) is 23.7. The quantitative estimate of drug-likeness (QED) is 0.408. The van der Waals surface area contributed by atoms with Crippen LogP contribution < -0.4 is 14.8 Å². The Morgan fingerprint density at radius 3 is 2.25 bits per heavy atom. The van der Waals surface area contributed by atoms with E-state index in [0.717, 1.165) is 59.6 Å². The molecule has 2 rings (SSSR count). The summed E-state index contributed by atoms with van der Waals surface area (Å²) in [4.78, 5) is 13.3. The van der Waals surface area contributed by atoms with Crippen LogP contribution in [0.15, 0.2) is 36.4 Å². The number of nitrogens with one attached hydrogen (secondary N) is 1. The number of ether oxygens (including phenoxy) is 2. The van der Waals surface area contributed by atoms with E-state index in [1.54, 1.807) is 14.2 Å². The van der Waals surface area contributed by atoms with Crippen molar-refractivity contribution in [3.8, 4) is 11.5 Å². The van der Waals surface area contributed by atoms with Gasteiger partial charge >= 0.3 is 0 Å². The predicted molar refractivity (Wildman–Crippen MR) is 131 cm³/mol. The van der Waals surface area contributed by atoms with Gasteiger partial charge in [-0.2, -0.15) is 0 Å². The maximum absolute atomic E-state index is 13.3. The molecule has 0 aliphatic rings. The molecule has 2 aromatic carbocycles. The Morgan fingerprint density at radius 1 is 1.06 bits per heavy atom. The number of unbranched alkanes of at least 4 members (excludes halogenated alkanes) is 2. The molecule has 0 radical (unpaired) electrons. The summed E-state index contributed by atoms with van der Waals surface area (Å²) in [6.07, 6.45) is 4.46. The van der Waals surface area contributed by atoms with Crippen LogP contribution in [0.5, 0.6) is 11.5 Å². The first-order valence-corrected chi connectivity index (χ1v) is 11.5. The van der Waals surface area contributed by atoms with E-state index in [2.05, 4.69) is 33.0 Å². The van der Waals surface area contributed by atoms with Crippen LogP contribution in [0.25, 0.3) is 0 Å². The van der Waals surface area contributed by atoms with Gasteiger partial charge in [0.1, 0.15) is 11.5 Å². The molecule has 1 atom stereocenters. The van der Waals surface area contributed by atoms with Crippen molar-refractivity contribution in [2.45, 2.75) is 77.7 Å². The lowest BCUT2D eigenvalue weighted by molar-refractivity contribution is -0.116. The van der Waals surface area contributed by atoms with Gasteiger partial charge in [-0.3, -0.25) is 4.79 Å². The average Bonchev–Trinajstić information content (AvgIpc) is 2.77. The number of hydrogen-bond donors (Lipinski definition) is 2. The summed E-state index contributed by atoms with van der Waals surface area (Å²) in [5, 5.41) is 12.7. The van der Waals surface area contributed by atoms with Crippen LogP contribution in [0.4, 0.5) is 5.69 Å². The Labute approximate surface area is 193 Å². The second-order valence-corrected chi connectivity index (χ2v) is 9.31. The van der Waals surface area contributed by atoms with Gasteiger partial charge in [0, 0.05) is 17.7 Å². The molecule has 1 unspecified atom stereocenters. The van der Waals surface area contributed by atoms with E-state index in [-0.39, 0.29) is 23.8 Å². The standard InChI is InChI=1S/C27H39NO4/c1-7-8-9-11-20(26-23(31-5)12-10-13-24(26)32-6)17-25(30)28-22-16-19(18-29)14-15-21(22)27(2,3)4/h10,12-16,20,29H,7-9,11,17-18H2,1-6H3,(H,28,30). The minimum atomic E-state index is -0.136. The van der Waals surface area contributed by atoms with Gasteiger partial charge in [-0.15, -0.1) is 0 Å². The number of rotatable bonds is 11. The van der Waals surface area contributed by atoms with Gasteiger partial charge in [0.05, 0.1) is 20.8 Å². The highest BCUT2D eigenvalue weighted by Crippen LogP contribution is 2.40. The molecule has 0 aliphatic carbocycles. The average molecular weight is 442 g/mol. The fourth-order valence-electron chi connectivity index (χ4n) is 4.14. The topological polar surface area (TPSA) is 67.8 Å². The van der Waals surface area contributed by atoms with Crippen LogP contribution >= 0.6 is 0 Å². The molecule has 2 aromatic rings. The molecule has 0 saturated carbocycles. The first-order valence-electron chi connectivity index (χ1n) is 11.5. The third kappa shape index (κ3) is 6.73. The molecule has 2 N–H and O–H groups in total. The van der Waals surface area contributed by atoms with Crippen LogP contribution in [0.1, 0.15) is 82.4 Å². The van der Waals surface area contributed by atoms with Crippen molar-refractivity contribution in [1.29, 1.82) is 0 Å². The van der Waals surface area contributed by atoms with Crippen molar-refractivity contribution in [2.24, 2.45) is 0 Å². The SMILES string of the molecule is CCCCCC(CC(=O)Nc1cc(CO)ccc1C(C)(C)C)c1c(OC)cccc1OC. The van der Waals surface area contributed by atoms with Gasteiger partial charge in [0.15, 0.2) is 0 Å². The van der Waals surface area contributed by atoms with Crippen molar-refractivity contribution in [1.82, 2.24) is 0 Å². The van der Waals surface area contributed by atoms with Gasteiger partial charge in [0.25, 0.3) is 0 Å². The van der Waals surface area contributed by atoms with E-state index in [0.29, 0.717) is 6.42 Å². The number of carbonyl (C=O) groups is 1. The van der Waals surface area contributed by atoms with Gasteiger partial charge in [-0.1, -0.05) is 65.2 Å². The van der Waals surface area contributed by atoms with Crippen molar-refractivity contribution < 1.29 is 19.4 Å². The molecule has 0 saturated heterocycles. The van der Waals surface area contributed by atoms with E-state index in [4.69, 9.17) is 9.47 Å². The molecule has 0 aliphatic heterocycles. The van der Waals surface area contributed by atoms with Gasteiger partial charge in [-0.05, 0) is 47.1 Å². The molecule has 5 heteroatoms. The number of benzene rings is 2. The van der Waals surface area contributed by atoms with E-state index in [1.807, 2.05) is 36.4 Å². The molecule has 0 fully saturated rings. The largest absolute Gasteiger partial charge is 0.496 e. The monoisotopic (exact) mass is 441 g/mol. The van der Waals surface area contributed by atoms with Crippen LogP contribution in [0.3, 0.4) is 0 Å². The van der Waals surface area contributed by atoms with Crippen LogP contribution in [-0.4, -0.2) is 25.2 Å². The fourth-order valence-corrected chi connectivity index (χ4v) is 4.14. The number of anilines is 1. The molecule has 0 spiro atoms. The highest BCUT2D eigenvalue weighted by Gasteiger charge is 2.25. The summed E-state index contributed by atoms with van der Waals surface area (Å²) >= 11 is 0. The number of hydrogen-bond acceptors (Lipinski definition) is 4. The lowest BCUT2D eigenvalue weighted by Crippen LogP contribution is -2.21. The highest BCUT2D eigenvalue weighted by molar-refractivity contribution is 5.92. The van der Waals surface area contributed by atoms with Crippen LogP contribution in [-0.2, 0) is 16.8 Å². The predicted octanol–water partition coefficient (Wildman–Crippen LogP) is 6.19. The summed E-state index contributed by atoms with van der Waals surface area (Å²) < 4.78 is 11.3. The lowest BCUT2D eigenvalue weighted by Gasteiger charge is -2.25. The molecule has 176 valence electrons. The van der Waals surface area contributed by atoms with Gasteiger partial charge in [-0.25, -0.2) is 0 Å². The van der Waals surface area contributed by atoms with E-state index in [9.17, 15) is 9.90 Å². The summed E-state index contributed by atoms with van der Waals surface area (Å²) in [6.45, 7) is 8.45. The molecule has 0 bridgehead atoms. The van der Waals surface area contributed by atoms with Crippen LogP contribution in [0, 0.1) is 0 Å². The maximum atomic E-state index is 13.3. The second kappa shape index (κ2) is 11.9. The summed E-state index contributed by atoms with van der Waals surface area (Å²) in [6, 6.07) is 11.5. The summed E-state index contributed by atoms with van der Waals surface area (Å²) in [5.41, 5.74) is 3.39. The Kier molecular flexibility index (Phi) is 9.58. The molecular formula is C27H39NO4. The first-order chi connectivity index (χ1) is 15.2. The van der Waals surface area contributed by atoms with Crippen molar-refractivity contribution in [3.05, 3.63) is 53.1 Å². The maximum Gasteiger partial charge on any atom is 0.224 e. The molecule has 1 amide bonds. The van der Waals surface area contributed by atoms with Gasteiger partial charge in [0.2, 0.25) is 5.91 Å². The summed E-state index contributed by atoms with van der Waals surface area (Å²) in [5.74, 6) is 1.42. The molecule has 0 heterocycles. The number of methoxy groups -OCH3 is 2. The fraction of sp³-hybridized carbons (Fsp3) is 0.519. The Hall–Kier alpha value is -2.53. The zero-order valence-electron chi connectivity index (χ0n) is 20.5. The van der Waals surface area contributed by atoms with Crippen molar-refractivity contribution in [2.75, 3.05) is 19.5 Å². The molecule has 5 nitrogen and oxygen atoms in total. The summed E-state index contributed by atoms with van der Waals surface area (Å²) in [7, 11) is 3.30. The minimum absolute atomic E-state index is 0.0215.